The molecular weight excluding hydrogens is 314 g/mol. The highest BCUT2D eigenvalue weighted by Gasteiger charge is 2.25. The Morgan fingerprint density at radius 3 is 2.64 bits per heavy atom. The van der Waals surface area contributed by atoms with Gasteiger partial charge in [0.1, 0.15) is 0 Å². The molecule has 0 saturated heterocycles. The normalized spacial score (nSPS) is 16.5. The Bertz CT molecular complexity index is 646. The maximum Gasteiger partial charge on any atom is 0.251 e. The summed E-state index contributed by atoms with van der Waals surface area (Å²) in [5, 5.41) is 12.5. The number of nitrogens with zero attached hydrogens (tertiary/aromatic N) is 2. The molecule has 0 aliphatic heterocycles. The van der Waals surface area contributed by atoms with Gasteiger partial charge >= 0.3 is 0 Å². The molecule has 1 aliphatic carbocycles. The molecule has 0 bridgehead atoms. The van der Waals surface area contributed by atoms with Crippen LogP contribution in [0.5, 0.6) is 0 Å². The molecular formula is C20H27N3O2. The number of rotatable bonds is 7. The van der Waals surface area contributed by atoms with Gasteiger partial charge in [-0.25, -0.2) is 4.98 Å². The summed E-state index contributed by atoms with van der Waals surface area (Å²) in [4.78, 5) is 16.6. The predicted octanol–water partition coefficient (Wildman–Crippen LogP) is 2.99. The Hall–Kier alpha value is -2.14. The van der Waals surface area contributed by atoms with Gasteiger partial charge in [0, 0.05) is 37.2 Å². The van der Waals surface area contributed by atoms with Crippen molar-refractivity contribution in [1.29, 1.82) is 0 Å². The molecule has 2 N–H and O–H groups in total. The van der Waals surface area contributed by atoms with Crippen LogP contribution in [0.15, 0.2) is 43.0 Å². The van der Waals surface area contributed by atoms with Gasteiger partial charge in [-0.1, -0.05) is 31.4 Å². The molecule has 3 rings (SSSR count). The maximum absolute atomic E-state index is 12.6. The average molecular weight is 341 g/mol. The molecule has 5 heteroatoms. The lowest BCUT2D eigenvalue weighted by Gasteiger charge is -2.30. The second-order valence-electron chi connectivity index (χ2n) is 6.92. The third-order valence-corrected chi connectivity index (χ3v) is 5.12. The lowest BCUT2D eigenvalue weighted by Crippen LogP contribution is -2.41. The average Bonchev–Trinajstić information content (AvgIpc) is 3.15. The number of hydrogen-bond acceptors (Lipinski definition) is 3. The van der Waals surface area contributed by atoms with E-state index in [0.717, 1.165) is 24.9 Å². The molecule has 134 valence electrons. The Morgan fingerprint density at radius 1 is 1.24 bits per heavy atom. The fraction of sp³-hybridized carbons (Fsp3) is 0.500. The summed E-state index contributed by atoms with van der Waals surface area (Å²) in [7, 11) is 0. The van der Waals surface area contributed by atoms with Crippen LogP contribution >= 0.6 is 0 Å². The van der Waals surface area contributed by atoms with Crippen molar-refractivity contribution in [2.75, 3.05) is 6.61 Å². The summed E-state index contributed by atoms with van der Waals surface area (Å²) >= 11 is 0. The lowest BCUT2D eigenvalue weighted by molar-refractivity contribution is 0.0899. The van der Waals surface area contributed by atoms with Crippen molar-refractivity contribution in [1.82, 2.24) is 14.9 Å². The summed E-state index contributed by atoms with van der Waals surface area (Å²) in [5.74, 6) is 0.448. The highest BCUT2D eigenvalue weighted by Crippen LogP contribution is 2.28. The van der Waals surface area contributed by atoms with Gasteiger partial charge in [0.25, 0.3) is 5.91 Å². The van der Waals surface area contributed by atoms with Crippen LogP contribution in [0.2, 0.25) is 0 Å². The molecule has 5 nitrogen and oxygen atoms in total. The van der Waals surface area contributed by atoms with Gasteiger partial charge in [-0.15, -0.1) is 0 Å². The van der Waals surface area contributed by atoms with E-state index in [0.29, 0.717) is 17.9 Å². The van der Waals surface area contributed by atoms with Crippen molar-refractivity contribution in [3.8, 4) is 0 Å². The van der Waals surface area contributed by atoms with Gasteiger partial charge in [-0.2, -0.15) is 0 Å². The molecule has 1 aliphatic rings. The Labute approximate surface area is 149 Å². The molecule has 1 saturated carbocycles. The van der Waals surface area contributed by atoms with Crippen LogP contribution in [0.1, 0.15) is 54.4 Å². The summed E-state index contributed by atoms with van der Waals surface area (Å²) in [6.45, 7) is 0.863. The SMILES string of the molecule is O=C(NC(CCO)C1CCCCC1)c1ccc(Cn2ccnc2)cc1. The van der Waals surface area contributed by atoms with Crippen LogP contribution in [-0.2, 0) is 6.54 Å². The summed E-state index contributed by atoms with van der Waals surface area (Å²) in [6, 6.07) is 7.79. The lowest BCUT2D eigenvalue weighted by atomic mass is 9.82. The summed E-state index contributed by atoms with van der Waals surface area (Å²) < 4.78 is 2.00. The molecule has 1 aromatic heterocycles. The van der Waals surface area contributed by atoms with E-state index in [1.165, 1.54) is 19.3 Å². The number of benzene rings is 1. The minimum Gasteiger partial charge on any atom is -0.396 e. The zero-order valence-electron chi connectivity index (χ0n) is 14.6. The van der Waals surface area contributed by atoms with Crippen molar-refractivity contribution in [2.24, 2.45) is 5.92 Å². The highest BCUT2D eigenvalue weighted by molar-refractivity contribution is 5.94. The number of imidazole rings is 1. The number of carbonyl (C=O) groups is 1. The first-order valence-corrected chi connectivity index (χ1v) is 9.22. The summed E-state index contributed by atoms with van der Waals surface area (Å²) in [6.07, 6.45) is 12.1. The molecule has 1 fully saturated rings. The number of aliphatic hydroxyl groups is 1. The minimum absolute atomic E-state index is 0.0433. The van der Waals surface area contributed by atoms with Crippen LogP contribution < -0.4 is 5.32 Å². The molecule has 25 heavy (non-hydrogen) atoms. The Morgan fingerprint density at radius 2 is 2.00 bits per heavy atom. The van der Waals surface area contributed by atoms with Crippen molar-refractivity contribution < 1.29 is 9.90 Å². The molecule has 0 radical (unpaired) electrons. The third kappa shape index (κ3) is 4.92. The molecule has 1 atom stereocenters. The largest absolute Gasteiger partial charge is 0.396 e. The fourth-order valence-electron chi connectivity index (χ4n) is 3.71. The maximum atomic E-state index is 12.6. The van der Waals surface area contributed by atoms with Gasteiger partial charge in [0.2, 0.25) is 0 Å². The zero-order valence-corrected chi connectivity index (χ0v) is 14.6. The Balaban J connectivity index is 1.60. The smallest absolute Gasteiger partial charge is 0.251 e. The van der Waals surface area contributed by atoms with Gasteiger partial charge in [0.15, 0.2) is 0 Å². The second-order valence-corrected chi connectivity index (χ2v) is 6.92. The van der Waals surface area contributed by atoms with Gasteiger partial charge < -0.3 is 15.0 Å². The van der Waals surface area contributed by atoms with E-state index in [-0.39, 0.29) is 18.6 Å². The van der Waals surface area contributed by atoms with Crippen LogP contribution in [0.25, 0.3) is 0 Å². The molecule has 1 amide bonds. The van der Waals surface area contributed by atoms with E-state index in [4.69, 9.17) is 0 Å². The predicted molar refractivity (Wildman–Crippen MR) is 97.3 cm³/mol. The van der Waals surface area contributed by atoms with Crippen molar-refractivity contribution >= 4 is 5.91 Å². The van der Waals surface area contributed by atoms with E-state index < -0.39 is 0 Å². The van der Waals surface area contributed by atoms with E-state index in [1.54, 1.807) is 12.5 Å². The Kier molecular flexibility index (Phi) is 6.23. The van der Waals surface area contributed by atoms with Crippen molar-refractivity contribution in [2.45, 2.75) is 51.1 Å². The standard InChI is InChI=1S/C20H27N3O2/c24-13-10-19(17-4-2-1-3-5-17)22-20(25)18-8-6-16(7-9-18)14-23-12-11-21-15-23/h6-9,11-12,15,17,19,24H,1-5,10,13-14H2,(H,22,25). The van der Waals surface area contributed by atoms with Crippen LogP contribution in [-0.4, -0.2) is 33.2 Å². The number of nitrogens with one attached hydrogen (secondary N) is 1. The topological polar surface area (TPSA) is 67.2 Å². The number of amides is 1. The van der Waals surface area contributed by atoms with E-state index in [2.05, 4.69) is 10.3 Å². The number of hydrogen-bond donors (Lipinski definition) is 2. The first kappa shape index (κ1) is 17.7. The third-order valence-electron chi connectivity index (χ3n) is 5.12. The molecule has 1 heterocycles. The van der Waals surface area contributed by atoms with Crippen LogP contribution in [0.3, 0.4) is 0 Å². The fourth-order valence-corrected chi connectivity index (χ4v) is 3.71. The first-order chi connectivity index (χ1) is 12.3. The second kappa shape index (κ2) is 8.81. The van der Waals surface area contributed by atoms with Gasteiger partial charge in [-0.05, 0) is 42.9 Å². The number of aromatic nitrogens is 2. The molecule has 1 aromatic carbocycles. The molecule has 0 spiro atoms. The van der Waals surface area contributed by atoms with Crippen LogP contribution in [0, 0.1) is 5.92 Å². The van der Waals surface area contributed by atoms with Crippen LogP contribution in [0.4, 0.5) is 0 Å². The van der Waals surface area contributed by atoms with Gasteiger partial charge in [-0.3, -0.25) is 4.79 Å². The van der Waals surface area contributed by atoms with Crippen molar-refractivity contribution in [3.63, 3.8) is 0 Å². The zero-order chi connectivity index (χ0) is 17.5. The highest BCUT2D eigenvalue weighted by atomic mass is 16.3. The monoisotopic (exact) mass is 341 g/mol. The molecule has 2 aromatic rings. The van der Waals surface area contributed by atoms with E-state index >= 15 is 0 Å². The first-order valence-electron chi connectivity index (χ1n) is 9.22. The quantitative estimate of drug-likeness (QED) is 0.813. The van der Waals surface area contributed by atoms with E-state index in [9.17, 15) is 9.90 Å². The summed E-state index contributed by atoms with van der Waals surface area (Å²) in [5.41, 5.74) is 1.81. The molecule has 1 unspecified atom stereocenters. The van der Waals surface area contributed by atoms with Crippen molar-refractivity contribution in [3.05, 3.63) is 54.1 Å². The number of carbonyl (C=O) groups excluding carboxylic acids is 1. The minimum atomic E-state index is -0.0433. The van der Waals surface area contributed by atoms with E-state index in [1.807, 2.05) is 35.0 Å². The van der Waals surface area contributed by atoms with Gasteiger partial charge in [0.05, 0.1) is 6.33 Å². The number of aliphatic hydroxyl groups excluding tert-OH is 1.